The predicted octanol–water partition coefficient (Wildman–Crippen LogP) is 9.50. The first-order valence-electron chi connectivity index (χ1n) is 14.3. The van der Waals surface area contributed by atoms with Crippen molar-refractivity contribution in [3.8, 4) is 0 Å². The zero-order chi connectivity index (χ0) is 29.7. The highest BCUT2D eigenvalue weighted by Crippen LogP contribution is 2.39. The summed E-state index contributed by atoms with van der Waals surface area (Å²) in [7, 11) is 0. The maximum absolute atomic E-state index is 14.0. The van der Waals surface area contributed by atoms with Crippen LogP contribution in [0.25, 0.3) is 32.3 Å². The van der Waals surface area contributed by atoms with Crippen LogP contribution in [0.5, 0.6) is 0 Å². The Morgan fingerprint density at radius 3 is 1.17 bits per heavy atom. The molecule has 0 heterocycles. The summed E-state index contributed by atoms with van der Waals surface area (Å²) in [5.74, 6) is -0.340. The molecule has 0 radical (unpaired) electrons. The van der Waals surface area contributed by atoms with Crippen LogP contribution >= 0.6 is 0 Å². The van der Waals surface area contributed by atoms with Gasteiger partial charge in [0.15, 0.2) is 0 Å². The number of para-hydroxylation sites is 2. The van der Waals surface area contributed by atoms with Crippen LogP contribution in [-0.4, -0.2) is 11.8 Å². The van der Waals surface area contributed by atoms with Crippen LogP contribution < -0.4 is 10.6 Å². The van der Waals surface area contributed by atoms with Crippen LogP contribution in [0.3, 0.4) is 0 Å². The van der Waals surface area contributed by atoms with Gasteiger partial charge in [0.1, 0.15) is 0 Å². The third kappa shape index (κ3) is 4.50. The molecule has 208 valence electrons. The molecule has 0 aliphatic rings. The highest BCUT2D eigenvalue weighted by molar-refractivity contribution is 6.30. The van der Waals surface area contributed by atoms with E-state index in [2.05, 4.69) is 36.6 Å². The Kier molecular flexibility index (Phi) is 6.78. The largest absolute Gasteiger partial charge is 0.321 e. The molecule has 0 spiro atoms. The Morgan fingerprint density at radius 1 is 0.452 bits per heavy atom. The lowest BCUT2D eigenvalue weighted by Gasteiger charge is -2.19. The van der Waals surface area contributed by atoms with Gasteiger partial charge < -0.3 is 10.6 Å². The Hall–Kier alpha value is -4.96. The molecule has 0 fully saturated rings. The standard InChI is InChI=1S/C38H34N2O2/c1-21-11-9-17-28-30(37(41)39-35-23(3)13-7-14-24(35)4)19-27-20-31(38(42)40-36-25(5)15-8-16-26(36)6)29-18-10-12-22(2)33(29)34(27)32(21)28/h7-20H,1-6H3,(H,39,41)(H,40,42). The van der Waals surface area contributed by atoms with E-state index >= 15 is 0 Å². The molecule has 0 saturated carbocycles. The third-order valence-corrected chi connectivity index (χ3v) is 8.44. The van der Waals surface area contributed by atoms with Gasteiger partial charge in [0.25, 0.3) is 11.8 Å². The molecular weight excluding hydrogens is 516 g/mol. The molecule has 6 aromatic rings. The second-order valence-corrected chi connectivity index (χ2v) is 11.4. The highest BCUT2D eigenvalue weighted by Gasteiger charge is 2.21. The van der Waals surface area contributed by atoms with E-state index in [1.807, 2.05) is 100 Å². The average Bonchev–Trinajstić information content (AvgIpc) is 2.96. The number of nitrogens with one attached hydrogen (secondary N) is 2. The molecule has 0 bridgehead atoms. The maximum atomic E-state index is 14.0. The van der Waals surface area contributed by atoms with Crippen LogP contribution in [0.2, 0.25) is 0 Å². The van der Waals surface area contributed by atoms with E-state index in [0.29, 0.717) is 11.1 Å². The van der Waals surface area contributed by atoms with E-state index in [9.17, 15) is 9.59 Å². The van der Waals surface area contributed by atoms with Crippen molar-refractivity contribution in [2.75, 3.05) is 10.6 Å². The number of hydrogen-bond acceptors (Lipinski definition) is 2. The number of carbonyl (C=O) groups excluding carboxylic acids is 2. The number of rotatable bonds is 4. The molecule has 6 aromatic carbocycles. The molecule has 0 aliphatic heterocycles. The first kappa shape index (κ1) is 27.2. The monoisotopic (exact) mass is 550 g/mol. The van der Waals surface area contributed by atoms with Gasteiger partial charge in [0.2, 0.25) is 0 Å². The number of amides is 2. The van der Waals surface area contributed by atoms with Crippen LogP contribution in [0.1, 0.15) is 54.1 Å². The van der Waals surface area contributed by atoms with Crippen LogP contribution in [0.15, 0.2) is 84.9 Å². The van der Waals surface area contributed by atoms with Gasteiger partial charge in [-0.15, -0.1) is 0 Å². The SMILES string of the molecule is Cc1cccc(C)c1NC(=O)c1cc2cc(C(=O)Nc3c(C)cccc3C)c3cccc(C)c3c2c2c(C)cccc12. The molecule has 0 unspecified atom stereocenters. The number of anilines is 2. The van der Waals surface area contributed by atoms with Crippen molar-refractivity contribution < 1.29 is 9.59 Å². The molecule has 4 heteroatoms. The third-order valence-electron chi connectivity index (χ3n) is 8.44. The van der Waals surface area contributed by atoms with E-state index in [4.69, 9.17) is 0 Å². The van der Waals surface area contributed by atoms with Gasteiger partial charge in [-0.2, -0.15) is 0 Å². The van der Waals surface area contributed by atoms with E-state index in [0.717, 1.165) is 77.1 Å². The van der Waals surface area contributed by atoms with Gasteiger partial charge in [0, 0.05) is 22.5 Å². The zero-order valence-electron chi connectivity index (χ0n) is 24.9. The van der Waals surface area contributed by atoms with Gasteiger partial charge >= 0.3 is 0 Å². The van der Waals surface area contributed by atoms with Crippen molar-refractivity contribution >= 4 is 55.5 Å². The molecule has 2 amide bonds. The fraction of sp³-hybridized carbons (Fsp3) is 0.158. The number of fused-ring (bicyclic) bond motifs is 5. The molecule has 4 nitrogen and oxygen atoms in total. The zero-order valence-corrected chi connectivity index (χ0v) is 24.9. The summed E-state index contributed by atoms with van der Waals surface area (Å²) < 4.78 is 0. The molecular formula is C38H34N2O2. The summed E-state index contributed by atoms with van der Waals surface area (Å²) >= 11 is 0. The Bertz CT molecular complexity index is 1900. The smallest absolute Gasteiger partial charge is 0.256 e. The number of carbonyl (C=O) groups is 2. The first-order chi connectivity index (χ1) is 20.2. The Labute approximate surface area is 246 Å². The fourth-order valence-electron chi connectivity index (χ4n) is 6.27. The van der Waals surface area contributed by atoms with Crippen LogP contribution in [0.4, 0.5) is 11.4 Å². The van der Waals surface area contributed by atoms with Crippen molar-refractivity contribution in [3.05, 3.63) is 129 Å². The summed E-state index contributed by atoms with van der Waals surface area (Å²) in [6.07, 6.45) is 0. The number of benzene rings is 6. The number of hydrogen-bond donors (Lipinski definition) is 2. The van der Waals surface area contributed by atoms with E-state index in [1.54, 1.807) is 0 Å². The topological polar surface area (TPSA) is 58.2 Å². The van der Waals surface area contributed by atoms with Gasteiger partial charge in [0.05, 0.1) is 0 Å². The second-order valence-electron chi connectivity index (χ2n) is 11.4. The van der Waals surface area contributed by atoms with Gasteiger partial charge in [-0.25, -0.2) is 0 Å². The second kappa shape index (κ2) is 10.5. The minimum absolute atomic E-state index is 0.170. The van der Waals surface area contributed by atoms with Gasteiger partial charge in [-0.05, 0) is 119 Å². The molecule has 0 aromatic heterocycles. The highest BCUT2D eigenvalue weighted by atomic mass is 16.2. The summed E-state index contributed by atoms with van der Waals surface area (Å²) in [5.41, 5.74) is 9.02. The lowest BCUT2D eigenvalue weighted by atomic mass is 9.87. The minimum Gasteiger partial charge on any atom is -0.321 e. The molecule has 0 saturated heterocycles. The summed E-state index contributed by atoms with van der Waals surface area (Å²) in [4.78, 5) is 27.9. The minimum atomic E-state index is -0.170. The lowest BCUT2D eigenvalue weighted by molar-refractivity contribution is 0.102. The molecule has 42 heavy (non-hydrogen) atoms. The average molecular weight is 551 g/mol. The van der Waals surface area contributed by atoms with Crippen molar-refractivity contribution in [1.29, 1.82) is 0 Å². The van der Waals surface area contributed by atoms with Crippen molar-refractivity contribution in [3.63, 3.8) is 0 Å². The quantitative estimate of drug-likeness (QED) is 0.215. The van der Waals surface area contributed by atoms with Gasteiger partial charge in [-0.3, -0.25) is 9.59 Å². The normalized spacial score (nSPS) is 11.3. The molecule has 6 rings (SSSR count). The number of aryl methyl sites for hydroxylation is 6. The van der Waals surface area contributed by atoms with Crippen molar-refractivity contribution in [2.45, 2.75) is 41.5 Å². The molecule has 0 aliphatic carbocycles. The van der Waals surface area contributed by atoms with E-state index in [-0.39, 0.29) is 11.8 Å². The van der Waals surface area contributed by atoms with Gasteiger partial charge in [-0.1, -0.05) is 72.8 Å². The van der Waals surface area contributed by atoms with E-state index < -0.39 is 0 Å². The molecule has 2 N–H and O–H groups in total. The van der Waals surface area contributed by atoms with Crippen molar-refractivity contribution in [2.24, 2.45) is 0 Å². The maximum Gasteiger partial charge on any atom is 0.256 e. The predicted molar refractivity (Wildman–Crippen MR) is 176 cm³/mol. The summed E-state index contributed by atoms with van der Waals surface area (Å²) in [5, 5.41) is 12.1. The van der Waals surface area contributed by atoms with Crippen LogP contribution in [0, 0.1) is 41.5 Å². The first-order valence-corrected chi connectivity index (χ1v) is 14.3. The fourth-order valence-corrected chi connectivity index (χ4v) is 6.27. The Morgan fingerprint density at radius 2 is 0.786 bits per heavy atom. The van der Waals surface area contributed by atoms with Crippen LogP contribution in [-0.2, 0) is 0 Å². The summed E-state index contributed by atoms with van der Waals surface area (Å²) in [6.45, 7) is 12.2. The summed E-state index contributed by atoms with van der Waals surface area (Å²) in [6, 6.07) is 28.1. The van der Waals surface area contributed by atoms with Crippen molar-refractivity contribution in [1.82, 2.24) is 0 Å². The van der Waals surface area contributed by atoms with E-state index in [1.165, 1.54) is 0 Å². The Balaban J connectivity index is 1.63. The molecule has 0 atom stereocenters. The lowest BCUT2D eigenvalue weighted by Crippen LogP contribution is -2.16.